The van der Waals surface area contributed by atoms with Crippen LogP contribution in [0.5, 0.6) is 5.75 Å². The lowest BCUT2D eigenvalue weighted by Gasteiger charge is -2.31. The van der Waals surface area contributed by atoms with Crippen LogP contribution in [0.2, 0.25) is 0 Å². The molecule has 121 heavy (non-hydrogen) atoms. The average molecular weight is 1680 g/mol. The maximum atomic E-state index is 15.1. The molecule has 0 radical (unpaired) electrons. The first-order chi connectivity index (χ1) is 57.8. The second kappa shape index (κ2) is 46.3. The van der Waals surface area contributed by atoms with Crippen LogP contribution in [0.15, 0.2) is 110 Å². The fraction of sp³-hybridized carbons (Fsp3) is 0.506. The number of para-hydroxylation sites is 1. The van der Waals surface area contributed by atoms with E-state index in [1.165, 1.54) is 40.4 Å². The number of hydrogen-bond acceptors (Lipinski definition) is 19. The van der Waals surface area contributed by atoms with E-state index in [4.69, 9.17) is 22.9 Å². The molecule has 8 rings (SSSR count). The van der Waals surface area contributed by atoms with Crippen molar-refractivity contribution in [2.75, 3.05) is 26.2 Å². The van der Waals surface area contributed by atoms with E-state index in [1.807, 2.05) is 67.6 Å². The standard InChI is InChI=1S/C85H117N19O17/c1-6-7-22-60(75(110)102-68(85(120)121)40-50-27-29-55(105)30-28-50)96-82(117)70-26-16-37-104(70)84(119)63(32-34-72(89)107)94-73(108)46-92-81(116)69-25-15-36-103(69)83(118)62(24-12-13-35-86)97-78(113)65(39-49(4)5)99-76(111)61(31-33-71(88)106)95-77(112)64(38-48(2)3)100-79(114)66(42-53-44-91-59-23-11-10-21-57(53)59)101-80(115)67(43-54-45-90-47-93-54)98-74(109)58(87)41-52-19-14-18-51-17-8-9-20-56(51)52/h8-11,14,17-21,23,27-30,44-45,47-49,58,60-70,91,105H,6-7,12-13,15-16,22,24-26,31-43,46,86-87H2,1-5H3,(H2,88,106)(H2,89,107)(H,90,93)(H,92,116)(H,94,108)(H,95,112)(H,96,117)(H,97,113)(H,98,109)(H,99,111)(H,100,114)(H,101,115)(H,102,110)(H,120,121)/t58-,60-,61-,62-,63-,64-,65-,66-,67-,68-,69-,70-/m0/s1. The maximum absolute atomic E-state index is 15.1. The number of aromatic amines is 2. The molecule has 0 spiro atoms. The number of aromatic hydroxyl groups is 1. The lowest BCUT2D eigenvalue weighted by molar-refractivity contribution is -0.144. The molecule has 4 heterocycles. The Hall–Kier alpha value is -12.3. The molecule has 4 aromatic carbocycles. The van der Waals surface area contributed by atoms with Crippen molar-refractivity contribution in [2.45, 2.75) is 236 Å². The number of carbonyl (C=O) groups excluding carboxylic acids is 14. The Labute approximate surface area is 701 Å². The number of carboxylic acids is 1. The zero-order chi connectivity index (χ0) is 88.0. The van der Waals surface area contributed by atoms with Gasteiger partial charge in [0.05, 0.1) is 24.6 Å². The van der Waals surface area contributed by atoms with Crippen LogP contribution < -0.4 is 76.1 Å². The SMILES string of the molecule is CCCC[C@H](NC(=O)[C@@H]1CCCN1C(=O)[C@H](CCC(N)=O)NC(=O)CNC(=O)[C@@H]1CCCN1C(=O)[C@H](CCCCN)NC(=O)[C@H](CC(C)C)NC(=O)[C@H](CCC(N)=O)NC(=O)[C@H](CC(C)C)NC(=O)[C@H](Cc1c[nH]c2ccccc12)NC(=O)[C@H](Cc1c[nH]cn1)NC(=O)[C@@H](N)Cc1cccc2ccccc12)C(=O)N[C@@H](Cc1ccc(O)cc1)C(=O)O. The van der Waals surface area contributed by atoms with Crippen molar-refractivity contribution in [1.29, 1.82) is 0 Å². The number of phenolic OH excluding ortho intramolecular Hbond substituents is 1. The third-order valence-corrected chi connectivity index (χ3v) is 21.4. The number of amides is 14. The summed E-state index contributed by atoms with van der Waals surface area (Å²) in [7, 11) is 0. The molecular weight excluding hydrogens is 1560 g/mol. The van der Waals surface area contributed by atoms with Crippen molar-refractivity contribution in [2.24, 2.45) is 34.8 Å². The number of carboxylic acid groups (broad SMARTS) is 1. The van der Waals surface area contributed by atoms with Crippen molar-refractivity contribution in [3.05, 3.63) is 132 Å². The molecule has 36 heteroatoms. The van der Waals surface area contributed by atoms with Gasteiger partial charge in [-0.05, 0) is 148 Å². The second-order valence-corrected chi connectivity index (χ2v) is 31.9. The Bertz CT molecular complexity index is 4590. The van der Waals surface area contributed by atoms with Gasteiger partial charge in [0.2, 0.25) is 82.7 Å². The molecule has 654 valence electrons. The predicted molar refractivity (Wildman–Crippen MR) is 447 cm³/mol. The third kappa shape index (κ3) is 28.4. The van der Waals surface area contributed by atoms with Crippen molar-refractivity contribution in [1.82, 2.24) is 77.9 Å². The molecule has 2 aromatic heterocycles. The van der Waals surface area contributed by atoms with E-state index < -0.39 is 174 Å². The van der Waals surface area contributed by atoms with Gasteiger partial charge in [0, 0.05) is 68.5 Å². The van der Waals surface area contributed by atoms with Gasteiger partial charge in [-0.3, -0.25) is 67.1 Å². The van der Waals surface area contributed by atoms with Crippen molar-refractivity contribution >= 4 is 110 Å². The van der Waals surface area contributed by atoms with Gasteiger partial charge < -0.3 is 106 Å². The van der Waals surface area contributed by atoms with Crippen LogP contribution >= 0.6 is 0 Å². The molecule has 2 aliphatic rings. The van der Waals surface area contributed by atoms with Crippen LogP contribution in [0.25, 0.3) is 21.7 Å². The van der Waals surface area contributed by atoms with Gasteiger partial charge in [-0.1, -0.05) is 120 Å². The molecule has 22 N–H and O–H groups in total. The highest BCUT2D eigenvalue weighted by molar-refractivity contribution is 6.01. The van der Waals surface area contributed by atoms with Crippen molar-refractivity contribution in [3.63, 3.8) is 0 Å². The number of imidazole rings is 1. The number of fused-ring (bicyclic) bond motifs is 2. The summed E-state index contributed by atoms with van der Waals surface area (Å²) in [5.74, 6) is -13.2. The van der Waals surface area contributed by atoms with E-state index in [-0.39, 0.29) is 121 Å². The number of hydrogen-bond donors (Lipinski definition) is 18. The van der Waals surface area contributed by atoms with Crippen LogP contribution in [0.4, 0.5) is 0 Å². The molecule has 14 amide bonds. The molecule has 0 aliphatic carbocycles. The Morgan fingerprint density at radius 1 is 0.504 bits per heavy atom. The number of phenols is 1. The summed E-state index contributed by atoms with van der Waals surface area (Å²) in [6.45, 7) is 8.51. The predicted octanol–water partition coefficient (Wildman–Crippen LogP) is 0.836. The summed E-state index contributed by atoms with van der Waals surface area (Å²) in [5, 5.41) is 49.3. The van der Waals surface area contributed by atoms with Crippen molar-refractivity contribution in [3.8, 4) is 5.75 Å². The number of primary amides is 2. The van der Waals surface area contributed by atoms with E-state index in [0.717, 1.165) is 27.2 Å². The van der Waals surface area contributed by atoms with E-state index in [9.17, 15) is 77.3 Å². The minimum absolute atomic E-state index is 0.0132. The summed E-state index contributed by atoms with van der Waals surface area (Å²) in [6.07, 6.45) is 5.58. The molecule has 36 nitrogen and oxygen atoms in total. The minimum Gasteiger partial charge on any atom is -0.508 e. The highest BCUT2D eigenvalue weighted by Gasteiger charge is 2.43. The van der Waals surface area contributed by atoms with E-state index in [0.29, 0.717) is 55.3 Å². The molecule has 0 unspecified atom stereocenters. The Balaban J connectivity index is 0.928. The van der Waals surface area contributed by atoms with Gasteiger partial charge >= 0.3 is 5.97 Å². The number of aliphatic carboxylic acids is 1. The van der Waals surface area contributed by atoms with Crippen LogP contribution in [-0.2, 0) is 97.6 Å². The first-order valence-electron chi connectivity index (χ1n) is 41.4. The first kappa shape index (κ1) is 94.1. The molecule has 2 fully saturated rings. The minimum atomic E-state index is -1.58. The zero-order valence-electron chi connectivity index (χ0n) is 69.1. The molecule has 0 saturated carbocycles. The van der Waals surface area contributed by atoms with E-state index in [1.54, 1.807) is 46.2 Å². The molecule has 12 atom stereocenters. The quantitative estimate of drug-likeness (QED) is 0.0235. The van der Waals surface area contributed by atoms with Gasteiger partial charge in [0.15, 0.2) is 0 Å². The average Bonchev–Trinajstić information content (AvgIpc) is 1.73. The van der Waals surface area contributed by atoms with Crippen molar-refractivity contribution < 1.29 is 82.1 Å². The number of benzene rings is 4. The number of rotatable bonds is 48. The van der Waals surface area contributed by atoms with Gasteiger partial charge in [-0.2, -0.15) is 0 Å². The monoisotopic (exact) mass is 1680 g/mol. The molecule has 2 saturated heterocycles. The number of nitrogens with two attached hydrogens (primary N) is 4. The van der Waals surface area contributed by atoms with E-state index in [2.05, 4.69) is 68.1 Å². The van der Waals surface area contributed by atoms with Gasteiger partial charge in [0.25, 0.3) is 0 Å². The number of H-pyrrole nitrogens is 2. The highest BCUT2D eigenvalue weighted by atomic mass is 16.4. The zero-order valence-corrected chi connectivity index (χ0v) is 69.1. The molecule has 2 aliphatic heterocycles. The number of nitrogens with one attached hydrogen (secondary N) is 12. The Morgan fingerprint density at radius 2 is 1.01 bits per heavy atom. The third-order valence-electron chi connectivity index (χ3n) is 21.4. The van der Waals surface area contributed by atoms with Gasteiger partial charge in [-0.25, -0.2) is 9.78 Å². The van der Waals surface area contributed by atoms with Gasteiger partial charge in [0.1, 0.15) is 72.2 Å². The lowest BCUT2D eigenvalue weighted by atomic mass is 9.98. The largest absolute Gasteiger partial charge is 0.508 e. The topological polar surface area (TPSA) is 572 Å². The van der Waals surface area contributed by atoms with Crippen LogP contribution in [0.3, 0.4) is 0 Å². The first-order valence-corrected chi connectivity index (χ1v) is 41.4. The summed E-state index contributed by atoms with van der Waals surface area (Å²) in [5.41, 5.74) is 26.7. The Morgan fingerprint density at radius 3 is 1.60 bits per heavy atom. The fourth-order valence-electron chi connectivity index (χ4n) is 15.1. The summed E-state index contributed by atoms with van der Waals surface area (Å²) in [6, 6.07) is 10.3. The van der Waals surface area contributed by atoms with Crippen LogP contribution in [0.1, 0.15) is 160 Å². The number of aromatic nitrogens is 3. The summed E-state index contributed by atoms with van der Waals surface area (Å²) < 4.78 is 0. The van der Waals surface area contributed by atoms with E-state index >= 15 is 4.79 Å². The highest BCUT2D eigenvalue weighted by Crippen LogP contribution is 2.26. The molecule has 0 bridgehead atoms. The van der Waals surface area contributed by atoms with Gasteiger partial charge in [-0.15, -0.1) is 0 Å². The summed E-state index contributed by atoms with van der Waals surface area (Å²) in [4.78, 5) is 224. The number of carbonyl (C=O) groups is 15. The number of likely N-dealkylation sites (tertiary alicyclic amines) is 2. The Kier molecular flexibility index (Phi) is 36.0. The van der Waals surface area contributed by atoms with Crippen LogP contribution in [-0.4, -0.2) is 222 Å². The molecular formula is C85H117N19O17. The van der Waals surface area contributed by atoms with Crippen LogP contribution in [0, 0.1) is 11.8 Å². The molecule has 6 aromatic rings. The lowest BCUT2D eigenvalue weighted by Crippen LogP contribution is -2.61. The number of unbranched alkanes of at least 4 members (excludes halogenated alkanes) is 2. The smallest absolute Gasteiger partial charge is 0.326 e. The normalized spacial score (nSPS) is 16.4. The second-order valence-electron chi connectivity index (χ2n) is 31.9. The maximum Gasteiger partial charge on any atom is 0.326 e. The fourth-order valence-corrected chi connectivity index (χ4v) is 15.1. The number of nitrogens with zero attached hydrogens (tertiary/aromatic N) is 3. The summed E-state index contributed by atoms with van der Waals surface area (Å²) >= 11 is 0.